The molecule has 0 aromatic carbocycles. The summed E-state index contributed by atoms with van der Waals surface area (Å²) in [5, 5.41) is 12.7. The SMILES string of the molecule is C=C/C=C\c1c(C(=O)O)c(N)nn1C. The van der Waals surface area contributed by atoms with Crippen LogP contribution in [0.15, 0.2) is 18.7 Å². The molecule has 1 aromatic rings. The van der Waals surface area contributed by atoms with E-state index in [1.165, 1.54) is 4.68 Å². The van der Waals surface area contributed by atoms with Crippen LogP contribution in [-0.4, -0.2) is 20.9 Å². The highest BCUT2D eigenvalue weighted by atomic mass is 16.4. The van der Waals surface area contributed by atoms with E-state index in [-0.39, 0.29) is 11.4 Å². The van der Waals surface area contributed by atoms with Gasteiger partial charge >= 0.3 is 5.97 Å². The maximum atomic E-state index is 10.8. The van der Waals surface area contributed by atoms with Crippen LogP contribution in [-0.2, 0) is 7.05 Å². The molecule has 0 saturated heterocycles. The maximum absolute atomic E-state index is 10.8. The van der Waals surface area contributed by atoms with Crippen LogP contribution in [0.1, 0.15) is 16.1 Å². The molecule has 0 fully saturated rings. The lowest BCUT2D eigenvalue weighted by Gasteiger charge is -1.95. The summed E-state index contributed by atoms with van der Waals surface area (Å²) in [4.78, 5) is 10.8. The average molecular weight is 193 g/mol. The number of carboxylic acid groups (broad SMARTS) is 1. The second-order valence-corrected chi connectivity index (χ2v) is 2.67. The number of nitrogens with two attached hydrogens (primary N) is 1. The number of hydrogen-bond donors (Lipinski definition) is 2. The number of aryl methyl sites for hydroxylation is 1. The summed E-state index contributed by atoms with van der Waals surface area (Å²) in [5.74, 6) is -1.07. The number of anilines is 1. The summed E-state index contributed by atoms with van der Waals surface area (Å²) in [6.45, 7) is 3.49. The molecule has 0 saturated carbocycles. The fraction of sp³-hybridized carbons (Fsp3) is 0.111. The van der Waals surface area contributed by atoms with Gasteiger partial charge in [-0.25, -0.2) is 4.79 Å². The Morgan fingerprint density at radius 2 is 2.36 bits per heavy atom. The highest BCUT2D eigenvalue weighted by Gasteiger charge is 2.17. The number of aromatic nitrogens is 2. The predicted molar refractivity (Wildman–Crippen MR) is 53.8 cm³/mol. The van der Waals surface area contributed by atoms with Crippen molar-refractivity contribution in [1.29, 1.82) is 0 Å². The third kappa shape index (κ3) is 1.66. The molecule has 0 spiro atoms. The van der Waals surface area contributed by atoms with Crippen molar-refractivity contribution in [2.45, 2.75) is 0 Å². The van der Waals surface area contributed by atoms with Crippen molar-refractivity contribution in [2.75, 3.05) is 5.73 Å². The van der Waals surface area contributed by atoms with Crippen molar-refractivity contribution >= 4 is 17.9 Å². The Labute approximate surface area is 81.1 Å². The van der Waals surface area contributed by atoms with Crippen molar-refractivity contribution < 1.29 is 9.90 Å². The standard InChI is InChI=1S/C9H11N3O2/c1-3-4-5-6-7(9(13)14)8(10)11-12(6)2/h3-5H,1H2,2H3,(H2,10,11)(H,13,14)/b5-4-. The Morgan fingerprint density at radius 1 is 1.71 bits per heavy atom. The molecule has 3 N–H and O–H groups in total. The largest absolute Gasteiger partial charge is 0.477 e. The maximum Gasteiger partial charge on any atom is 0.341 e. The summed E-state index contributed by atoms with van der Waals surface area (Å²) >= 11 is 0. The van der Waals surface area contributed by atoms with E-state index in [2.05, 4.69) is 11.7 Å². The molecular weight excluding hydrogens is 182 g/mol. The molecule has 1 heterocycles. The van der Waals surface area contributed by atoms with E-state index in [0.717, 1.165) is 0 Å². The summed E-state index contributed by atoms with van der Waals surface area (Å²) < 4.78 is 1.42. The van der Waals surface area contributed by atoms with Gasteiger partial charge in [-0.15, -0.1) is 0 Å². The number of nitrogens with zero attached hydrogens (tertiary/aromatic N) is 2. The lowest BCUT2D eigenvalue weighted by Crippen LogP contribution is -2.02. The zero-order valence-electron chi connectivity index (χ0n) is 7.77. The Bertz CT molecular complexity index is 404. The van der Waals surface area contributed by atoms with E-state index in [1.807, 2.05) is 0 Å². The molecule has 0 bridgehead atoms. The predicted octanol–water partition coefficient (Wildman–Crippen LogP) is 0.900. The van der Waals surface area contributed by atoms with Crippen LogP contribution in [0.3, 0.4) is 0 Å². The zero-order valence-corrected chi connectivity index (χ0v) is 7.77. The van der Waals surface area contributed by atoms with Gasteiger partial charge < -0.3 is 10.8 Å². The van der Waals surface area contributed by atoms with Crippen LogP contribution in [0.4, 0.5) is 5.82 Å². The van der Waals surface area contributed by atoms with Crippen molar-refractivity contribution in [3.8, 4) is 0 Å². The highest BCUT2D eigenvalue weighted by Crippen LogP contribution is 2.16. The van der Waals surface area contributed by atoms with E-state index >= 15 is 0 Å². The van der Waals surface area contributed by atoms with Crippen LogP contribution in [0, 0.1) is 0 Å². The van der Waals surface area contributed by atoms with Gasteiger partial charge in [0, 0.05) is 7.05 Å². The fourth-order valence-electron chi connectivity index (χ4n) is 1.13. The quantitative estimate of drug-likeness (QED) is 0.699. The molecule has 14 heavy (non-hydrogen) atoms. The summed E-state index contributed by atoms with van der Waals surface area (Å²) in [6.07, 6.45) is 4.78. The van der Waals surface area contributed by atoms with E-state index in [0.29, 0.717) is 5.69 Å². The number of carbonyl (C=O) groups is 1. The molecule has 0 aliphatic rings. The molecule has 5 heteroatoms. The van der Waals surface area contributed by atoms with Crippen LogP contribution in [0.2, 0.25) is 0 Å². The minimum Gasteiger partial charge on any atom is -0.477 e. The van der Waals surface area contributed by atoms with Gasteiger partial charge in [-0.1, -0.05) is 18.7 Å². The van der Waals surface area contributed by atoms with Gasteiger partial charge in [-0.2, -0.15) is 5.10 Å². The molecule has 1 aromatic heterocycles. The first-order valence-electron chi connectivity index (χ1n) is 3.92. The van der Waals surface area contributed by atoms with Gasteiger partial charge in [-0.05, 0) is 6.08 Å². The van der Waals surface area contributed by atoms with Gasteiger partial charge in [-0.3, -0.25) is 4.68 Å². The summed E-state index contributed by atoms with van der Waals surface area (Å²) in [7, 11) is 1.63. The zero-order chi connectivity index (χ0) is 10.7. The summed E-state index contributed by atoms with van der Waals surface area (Å²) in [6, 6.07) is 0. The molecular formula is C9H11N3O2. The first-order valence-corrected chi connectivity index (χ1v) is 3.92. The first-order chi connectivity index (χ1) is 6.57. The lowest BCUT2D eigenvalue weighted by molar-refractivity contribution is 0.0697. The smallest absolute Gasteiger partial charge is 0.341 e. The summed E-state index contributed by atoms with van der Waals surface area (Å²) in [5.41, 5.74) is 5.92. The minimum atomic E-state index is -1.08. The average Bonchev–Trinajstić information content (AvgIpc) is 2.37. The highest BCUT2D eigenvalue weighted by molar-refractivity contribution is 5.96. The van der Waals surface area contributed by atoms with Crippen molar-refractivity contribution in [2.24, 2.45) is 7.05 Å². The molecule has 0 unspecified atom stereocenters. The molecule has 1 rings (SSSR count). The number of nitrogen functional groups attached to an aromatic ring is 1. The van der Waals surface area contributed by atoms with Gasteiger partial charge in [0.05, 0.1) is 5.69 Å². The molecule has 0 atom stereocenters. The number of hydrogen-bond acceptors (Lipinski definition) is 3. The molecule has 0 amide bonds. The number of allylic oxidation sites excluding steroid dienone is 2. The molecule has 0 aliphatic carbocycles. The normalized spacial score (nSPS) is 10.6. The lowest BCUT2D eigenvalue weighted by atomic mass is 10.2. The molecule has 0 aliphatic heterocycles. The first kappa shape index (κ1) is 10.0. The van der Waals surface area contributed by atoms with Crippen LogP contribution < -0.4 is 5.73 Å². The Balaban J connectivity index is 3.31. The third-order valence-corrected chi connectivity index (χ3v) is 1.72. The minimum absolute atomic E-state index is 0.0173. The molecule has 74 valence electrons. The van der Waals surface area contributed by atoms with Crippen molar-refractivity contribution in [1.82, 2.24) is 9.78 Å². The second kappa shape index (κ2) is 3.78. The van der Waals surface area contributed by atoms with Gasteiger partial charge in [0.25, 0.3) is 0 Å². The van der Waals surface area contributed by atoms with E-state index < -0.39 is 5.97 Å². The Kier molecular flexibility index (Phi) is 2.71. The van der Waals surface area contributed by atoms with Gasteiger partial charge in [0.1, 0.15) is 5.56 Å². The van der Waals surface area contributed by atoms with Crippen molar-refractivity contribution in [3.63, 3.8) is 0 Å². The molecule has 5 nitrogen and oxygen atoms in total. The van der Waals surface area contributed by atoms with E-state index in [1.54, 1.807) is 25.3 Å². The number of aromatic carboxylic acids is 1. The number of rotatable bonds is 3. The molecule has 0 radical (unpaired) electrons. The number of carboxylic acids is 1. The van der Waals surface area contributed by atoms with Gasteiger partial charge in [0.2, 0.25) is 0 Å². The topological polar surface area (TPSA) is 81.1 Å². The fourth-order valence-corrected chi connectivity index (χ4v) is 1.13. The third-order valence-electron chi connectivity index (χ3n) is 1.72. The van der Waals surface area contributed by atoms with Crippen LogP contribution in [0.5, 0.6) is 0 Å². The second-order valence-electron chi connectivity index (χ2n) is 2.67. The van der Waals surface area contributed by atoms with Crippen LogP contribution in [0.25, 0.3) is 6.08 Å². The monoisotopic (exact) mass is 193 g/mol. The van der Waals surface area contributed by atoms with Gasteiger partial charge in [0.15, 0.2) is 5.82 Å². The Morgan fingerprint density at radius 3 is 2.86 bits per heavy atom. The van der Waals surface area contributed by atoms with Crippen LogP contribution >= 0.6 is 0 Å². The van der Waals surface area contributed by atoms with E-state index in [9.17, 15) is 4.79 Å². The Hall–Kier alpha value is -2.04. The van der Waals surface area contributed by atoms with E-state index in [4.69, 9.17) is 10.8 Å². The van der Waals surface area contributed by atoms with Crippen molar-refractivity contribution in [3.05, 3.63) is 30.0 Å².